The number of carboxylic acids is 1. The molecule has 33 heavy (non-hydrogen) atoms. The van der Waals surface area contributed by atoms with Crippen molar-refractivity contribution in [1.29, 1.82) is 0 Å². The third-order valence-corrected chi connectivity index (χ3v) is 7.64. The first-order valence-electron chi connectivity index (χ1n) is 11.3. The highest BCUT2D eigenvalue weighted by Gasteiger charge is 2.42. The number of hydrogen-bond acceptors (Lipinski definition) is 6. The Kier molecular flexibility index (Phi) is 7.09. The van der Waals surface area contributed by atoms with Crippen LogP contribution in [0.25, 0.3) is 10.4 Å². The number of amides is 2. The molecule has 1 aliphatic carbocycles. The summed E-state index contributed by atoms with van der Waals surface area (Å²) >= 11 is 1.59. The summed E-state index contributed by atoms with van der Waals surface area (Å²) in [4.78, 5) is 44.2. The zero-order valence-electron chi connectivity index (χ0n) is 18.6. The molecule has 4 rings (SSSR count). The molecule has 4 atom stereocenters. The van der Waals surface area contributed by atoms with Crippen LogP contribution in [0.3, 0.4) is 0 Å². The second-order valence-electron chi connectivity index (χ2n) is 8.98. The van der Waals surface area contributed by atoms with Crippen molar-refractivity contribution in [1.82, 2.24) is 15.2 Å². The number of aromatic nitrogens is 1. The van der Waals surface area contributed by atoms with Crippen LogP contribution < -0.4 is 5.32 Å². The standard InChI is InChI=1S/C24H29N3O5S/c1-14-21(33-13-26-14)16-7-5-15(6-8-16)11-25-22(29)20-10-19(28)12-27(20)23(30)17-3-2-4-18(9-17)24(31)32/h5-8,13,17-20,28H,2-4,9-12H2,1H3,(H,25,29)(H,31,32)/t17-,18+,19-,20+/m1/s1. The molecule has 1 aromatic carbocycles. The fourth-order valence-electron chi connectivity index (χ4n) is 4.84. The van der Waals surface area contributed by atoms with E-state index in [0.29, 0.717) is 32.2 Å². The molecule has 2 amide bonds. The second-order valence-corrected chi connectivity index (χ2v) is 9.83. The van der Waals surface area contributed by atoms with Crippen molar-refractivity contribution in [2.24, 2.45) is 11.8 Å². The molecule has 0 unspecified atom stereocenters. The van der Waals surface area contributed by atoms with Gasteiger partial charge in [0.15, 0.2) is 0 Å². The number of rotatable bonds is 6. The van der Waals surface area contributed by atoms with E-state index in [9.17, 15) is 24.6 Å². The summed E-state index contributed by atoms with van der Waals surface area (Å²) in [6.45, 7) is 2.39. The molecule has 2 aromatic rings. The van der Waals surface area contributed by atoms with Crippen LogP contribution >= 0.6 is 11.3 Å². The Morgan fingerprint density at radius 3 is 2.55 bits per heavy atom. The van der Waals surface area contributed by atoms with E-state index < -0.39 is 30.0 Å². The van der Waals surface area contributed by atoms with Crippen molar-refractivity contribution in [3.05, 3.63) is 41.0 Å². The summed E-state index contributed by atoms with van der Waals surface area (Å²) in [5.41, 5.74) is 4.81. The molecule has 1 saturated carbocycles. The van der Waals surface area contributed by atoms with Crippen LogP contribution in [0.5, 0.6) is 0 Å². The number of aliphatic carboxylic acids is 1. The zero-order chi connectivity index (χ0) is 23.5. The van der Waals surface area contributed by atoms with E-state index in [1.165, 1.54) is 4.90 Å². The van der Waals surface area contributed by atoms with Crippen LogP contribution in [0.4, 0.5) is 0 Å². The average molecular weight is 472 g/mol. The summed E-state index contributed by atoms with van der Waals surface area (Å²) in [6.07, 6.45) is 1.60. The molecule has 8 nitrogen and oxygen atoms in total. The molecule has 2 heterocycles. The van der Waals surface area contributed by atoms with Crippen molar-refractivity contribution >= 4 is 29.1 Å². The fourth-order valence-corrected chi connectivity index (χ4v) is 5.65. The van der Waals surface area contributed by atoms with Crippen LogP contribution in [0.1, 0.15) is 43.4 Å². The number of nitrogens with one attached hydrogen (secondary N) is 1. The van der Waals surface area contributed by atoms with Gasteiger partial charge in [0.2, 0.25) is 11.8 Å². The third-order valence-electron chi connectivity index (χ3n) is 6.67. The fraction of sp³-hybridized carbons (Fsp3) is 0.500. The Morgan fingerprint density at radius 2 is 1.88 bits per heavy atom. The van der Waals surface area contributed by atoms with Crippen molar-refractivity contribution in [2.75, 3.05) is 6.54 Å². The van der Waals surface area contributed by atoms with E-state index in [2.05, 4.69) is 10.3 Å². The van der Waals surface area contributed by atoms with Crippen LogP contribution in [-0.4, -0.2) is 56.6 Å². The molecular weight excluding hydrogens is 442 g/mol. The monoisotopic (exact) mass is 471 g/mol. The lowest BCUT2D eigenvalue weighted by molar-refractivity contribution is -0.147. The Labute approximate surface area is 196 Å². The van der Waals surface area contributed by atoms with Gasteiger partial charge in [-0.1, -0.05) is 30.7 Å². The molecule has 176 valence electrons. The van der Waals surface area contributed by atoms with E-state index in [0.717, 1.165) is 21.7 Å². The lowest BCUT2D eigenvalue weighted by Gasteiger charge is -2.31. The van der Waals surface area contributed by atoms with Gasteiger partial charge < -0.3 is 20.4 Å². The van der Waals surface area contributed by atoms with E-state index in [-0.39, 0.29) is 24.8 Å². The molecule has 9 heteroatoms. The summed E-state index contributed by atoms with van der Waals surface area (Å²) in [6, 6.07) is 7.17. The largest absolute Gasteiger partial charge is 0.481 e. The number of carbonyl (C=O) groups is 3. The molecule has 1 aromatic heterocycles. The van der Waals surface area contributed by atoms with Crippen molar-refractivity contribution in [3.8, 4) is 10.4 Å². The van der Waals surface area contributed by atoms with Gasteiger partial charge in [-0.25, -0.2) is 4.98 Å². The number of aryl methyl sites for hydroxylation is 1. The summed E-state index contributed by atoms with van der Waals surface area (Å²) in [5.74, 6) is -2.33. The topological polar surface area (TPSA) is 120 Å². The third kappa shape index (κ3) is 5.25. The van der Waals surface area contributed by atoms with E-state index in [1.807, 2.05) is 36.7 Å². The summed E-state index contributed by atoms with van der Waals surface area (Å²) in [5, 5.41) is 22.4. The summed E-state index contributed by atoms with van der Waals surface area (Å²) in [7, 11) is 0. The maximum atomic E-state index is 13.1. The Bertz CT molecular complexity index is 1020. The molecule has 2 aliphatic rings. The van der Waals surface area contributed by atoms with E-state index in [1.54, 1.807) is 11.3 Å². The maximum absolute atomic E-state index is 13.1. The summed E-state index contributed by atoms with van der Waals surface area (Å²) < 4.78 is 0. The zero-order valence-corrected chi connectivity index (χ0v) is 19.4. The minimum absolute atomic E-state index is 0.105. The van der Waals surface area contributed by atoms with Gasteiger partial charge in [0, 0.05) is 25.4 Å². The predicted molar refractivity (Wildman–Crippen MR) is 123 cm³/mol. The molecule has 0 bridgehead atoms. The first-order chi connectivity index (χ1) is 15.8. The number of likely N-dealkylation sites (tertiary alicyclic amines) is 1. The number of hydrogen-bond donors (Lipinski definition) is 3. The number of aliphatic hydroxyl groups is 1. The normalized spacial score (nSPS) is 25.1. The SMILES string of the molecule is Cc1ncsc1-c1ccc(CNC(=O)[C@@H]2C[C@@H](O)CN2C(=O)[C@@H]2CCC[C@H](C(=O)O)C2)cc1. The van der Waals surface area contributed by atoms with Gasteiger partial charge in [-0.2, -0.15) is 0 Å². The number of carboxylic acid groups (broad SMARTS) is 1. The first kappa shape index (κ1) is 23.4. The second kappa shape index (κ2) is 10.0. The van der Waals surface area contributed by atoms with Crippen molar-refractivity contribution < 1.29 is 24.6 Å². The van der Waals surface area contributed by atoms with Crippen LogP contribution in [0.15, 0.2) is 29.8 Å². The van der Waals surface area contributed by atoms with Gasteiger partial charge in [-0.3, -0.25) is 14.4 Å². The van der Waals surface area contributed by atoms with Crippen LogP contribution in [0.2, 0.25) is 0 Å². The number of β-amino-alcohol motifs (C(OH)–C–C–N with tert-alkyl or cyclic N) is 1. The van der Waals surface area contributed by atoms with E-state index >= 15 is 0 Å². The number of aliphatic hydroxyl groups excluding tert-OH is 1. The van der Waals surface area contributed by atoms with Crippen molar-refractivity contribution in [2.45, 2.75) is 57.7 Å². The molecule has 1 aliphatic heterocycles. The van der Waals surface area contributed by atoms with Gasteiger partial charge >= 0.3 is 5.97 Å². The van der Waals surface area contributed by atoms with Gasteiger partial charge in [-0.15, -0.1) is 11.3 Å². The minimum atomic E-state index is -0.875. The highest BCUT2D eigenvalue weighted by Crippen LogP contribution is 2.33. The van der Waals surface area contributed by atoms with Crippen LogP contribution in [-0.2, 0) is 20.9 Å². The van der Waals surface area contributed by atoms with Gasteiger partial charge in [0.1, 0.15) is 6.04 Å². The van der Waals surface area contributed by atoms with Gasteiger partial charge in [-0.05, 0) is 37.3 Å². The lowest BCUT2D eigenvalue weighted by atomic mass is 9.80. The number of thiazole rings is 1. The van der Waals surface area contributed by atoms with Gasteiger partial charge in [0.05, 0.1) is 28.1 Å². The molecular formula is C24H29N3O5S. The van der Waals surface area contributed by atoms with Gasteiger partial charge in [0.25, 0.3) is 0 Å². The average Bonchev–Trinajstić information content (AvgIpc) is 3.42. The maximum Gasteiger partial charge on any atom is 0.306 e. The number of benzene rings is 1. The molecule has 2 fully saturated rings. The number of carbonyl (C=O) groups excluding carboxylic acids is 2. The predicted octanol–water partition coefficient (Wildman–Crippen LogP) is 2.59. The molecule has 1 saturated heterocycles. The Morgan fingerprint density at radius 1 is 1.15 bits per heavy atom. The number of nitrogens with zero attached hydrogens (tertiary/aromatic N) is 2. The molecule has 0 spiro atoms. The smallest absolute Gasteiger partial charge is 0.306 e. The van der Waals surface area contributed by atoms with Crippen LogP contribution in [0, 0.1) is 18.8 Å². The highest BCUT2D eigenvalue weighted by atomic mass is 32.1. The molecule has 3 N–H and O–H groups in total. The first-order valence-corrected chi connectivity index (χ1v) is 12.2. The quantitative estimate of drug-likeness (QED) is 0.596. The lowest BCUT2D eigenvalue weighted by Crippen LogP contribution is -2.48. The Hall–Kier alpha value is -2.78. The minimum Gasteiger partial charge on any atom is -0.481 e. The molecule has 0 radical (unpaired) electrons. The highest BCUT2D eigenvalue weighted by molar-refractivity contribution is 7.13. The van der Waals surface area contributed by atoms with Crippen molar-refractivity contribution in [3.63, 3.8) is 0 Å². The Balaban J connectivity index is 1.37. The van der Waals surface area contributed by atoms with E-state index in [4.69, 9.17) is 0 Å².